The monoisotopic (exact) mass is 502 g/mol. The van der Waals surface area contributed by atoms with E-state index in [1.54, 1.807) is 20.0 Å². The SMILES string of the molecule is C=C(NCCCO)C1=C(C)CC=CC(NC)/C1=C\NC(C)c1cnc(CCC(F)(F)C(C)C)c(C)c1. The maximum Gasteiger partial charge on any atom is 0.250 e. The normalized spacial score (nSPS) is 18.5. The van der Waals surface area contributed by atoms with E-state index in [2.05, 4.69) is 53.5 Å². The third-order valence-corrected chi connectivity index (χ3v) is 6.83. The zero-order valence-electron chi connectivity index (χ0n) is 22.7. The fraction of sp³-hybridized carbons (Fsp3) is 0.552. The van der Waals surface area contributed by atoms with Crippen LogP contribution < -0.4 is 16.0 Å². The van der Waals surface area contributed by atoms with Crippen molar-refractivity contribution in [3.8, 4) is 0 Å². The summed E-state index contributed by atoms with van der Waals surface area (Å²) in [5.41, 5.74) is 6.85. The van der Waals surface area contributed by atoms with Crippen LogP contribution in [0.5, 0.6) is 0 Å². The Labute approximate surface area is 215 Å². The third-order valence-electron chi connectivity index (χ3n) is 6.83. The van der Waals surface area contributed by atoms with Gasteiger partial charge in [0, 0.05) is 60.9 Å². The van der Waals surface area contributed by atoms with Crippen molar-refractivity contribution in [2.75, 3.05) is 20.2 Å². The van der Waals surface area contributed by atoms with Gasteiger partial charge in [0.2, 0.25) is 0 Å². The lowest BCUT2D eigenvalue weighted by Crippen LogP contribution is -2.30. The first-order chi connectivity index (χ1) is 17.0. The van der Waals surface area contributed by atoms with Crippen molar-refractivity contribution in [1.82, 2.24) is 20.9 Å². The van der Waals surface area contributed by atoms with Crippen LogP contribution in [0, 0.1) is 12.8 Å². The maximum atomic E-state index is 14.1. The fourth-order valence-corrected chi connectivity index (χ4v) is 4.25. The Morgan fingerprint density at radius 1 is 1.31 bits per heavy atom. The molecule has 0 radical (unpaired) electrons. The lowest BCUT2D eigenvalue weighted by molar-refractivity contribution is -0.0520. The van der Waals surface area contributed by atoms with Crippen molar-refractivity contribution in [1.29, 1.82) is 0 Å². The quantitative estimate of drug-likeness (QED) is 0.212. The first-order valence-electron chi connectivity index (χ1n) is 12.9. The highest BCUT2D eigenvalue weighted by atomic mass is 19.3. The van der Waals surface area contributed by atoms with E-state index in [0.29, 0.717) is 13.0 Å². The van der Waals surface area contributed by atoms with Crippen LogP contribution in [-0.4, -0.2) is 42.3 Å². The lowest BCUT2D eigenvalue weighted by atomic mass is 9.94. The molecule has 2 atom stereocenters. The minimum Gasteiger partial charge on any atom is -0.396 e. The molecule has 0 spiro atoms. The number of aliphatic hydroxyl groups is 1. The summed E-state index contributed by atoms with van der Waals surface area (Å²) in [5, 5.41) is 19.4. The molecule has 0 aromatic carbocycles. The van der Waals surface area contributed by atoms with Crippen molar-refractivity contribution < 1.29 is 13.9 Å². The highest BCUT2D eigenvalue weighted by molar-refractivity contribution is 5.53. The van der Waals surface area contributed by atoms with Crippen LogP contribution in [0.3, 0.4) is 0 Å². The van der Waals surface area contributed by atoms with Gasteiger partial charge in [-0.15, -0.1) is 0 Å². The van der Waals surface area contributed by atoms with Crippen molar-refractivity contribution in [2.24, 2.45) is 5.92 Å². The minimum absolute atomic E-state index is 0.0124. The second-order valence-corrected chi connectivity index (χ2v) is 9.97. The van der Waals surface area contributed by atoms with E-state index in [9.17, 15) is 8.78 Å². The molecular weight excluding hydrogens is 458 g/mol. The highest BCUT2D eigenvalue weighted by Gasteiger charge is 2.32. The molecule has 1 aliphatic carbocycles. The molecule has 1 aromatic heterocycles. The molecule has 0 fully saturated rings. The molecule has 200 valence electrons. The Hall–Kier alpha value is -2.51. The molecule has 1 aromatic rings. The van der Waals surface area contributed by atoms with Gasteiger partial charge in [0.1, 0.15) is 0 Å². The van der Waals surface area contributed by atoms with Crippen molar-refractivity contribution >= 4 is 0 Å². The van der Waals surface area contributed by atoms with Gasteiger partial charge in [0.05, 0.1) is 6.04 Å². The van der Waals surface area contributed by atoms with Crippen molar-refractivity contribution in [3.63, 3.8) is 0 Å². The minimum atomic E-state index is -2.69. The number of aromatic nitrogens is 1. The van der Waals surface area contributed by atoms with E-state index in [0.717, 1.165) is 40.1 Å². The van der Waals surface area contributed by atoms with Gasteiger partial charge in [-0.25, -0.2) is 8.78 Å². The van der Waals surface area contributed by atoms with Gasteiger partial charge < -0.3 is 21.1 Å². The van der Waals surface area contributed by atoms with Gasteiger partial charge in [-0.1, -0.05) is 44.2 Å². The molecule has 0 aliphatic heterocycles. The summed E-state index contributed by atoms with van der Waals surface area (Å²) in [5.74, 6) is -3.37. The summed E-state index contributed by atoms with van der Waals surface area (Å²) in [6.45, 7) is 14.3. The van der Waals surface area contributed by atoms with Crippen molar-refractivity contribution in [3.05, 3.63) is 76.4 Å². The van der Waals surface area contributed by atoms with Crippen LogP contribution in [0.25, 0.3) is 0 Å². The Morgan fingerprint density at radius 2 is 2.03 bits per heavy atom. The number of hydrogen-bond donors (Lipinski definition) is 4. The first kappa shape index (κ1) is 29.7. The predicted molar refractivity (Wildman–Crippen MR) is 145 cm³/mol. The summed E-state index contributed by atoms with van der Waals surface area (Å²) in [7, 11) is 1.93. The topological polar surface area (TPSA) is 69.2 Å². The summed E-state index contributed by atoms with van der Waals surface area (Å²) in [4.78, 5) is 4.53. The molecule has 0 saturated carbocycles. The number of halogens is 2. The van der Waals surface area contributed by atoms with Crippen LogP contribution in [0.15, 0.2) is 59.6 Å². The number of nitrogens with zero attached hydrogens (tertiary/aromatic N) is 1. The number of aryl methyl sites for hydroxylation is 2. The van der Waals surface area contributed by atoms with Crippen LogP contribution in [-0.2, 0) is 6.42 Å². The Bertz CT molecular complexity index is 981. The Kier molecular flexibility index (Phi) is 11.3. The van der Waals surface area contributed by atoms with E-state index in [1.807, 2.05) is 26.2 Å². The first-order valence-corrected chi connectivity index (χ1v) is 12.9. The number of allylic oxidation sites excluding steroid dienone is 3. The molecule has 0 saturated heterocycles. The molecule has 36 heavy (non-hydrogen) atoms. The molecule has 5 nitrogen and oxygen atoms in total. The summed E-state index contributed by atoms with van der Waals surface area (Å²) >= 11 is 0. The fourth-order valence-electron chi connectivity index (χ4n) is 4.25. The number of likely N-dealkylation sites (N-methyl/N-ethyl adjacent to an activating group) is 1. The Morgan fingerprint density at radius 3 is 2.64 bits per heavy atom. The highest BCUT2D eigenvalue weighted by Crippen LogP contribution is 2.31. The molecule has 2 rings (SSSR count). The van der Waals surface area contributed by atoms with E-state index in [4.69, 9.17) is 5.11 Å². The zero-order valence-corrected chi connectivity index (χ0v) is 22.7. The number of alkyl halides is 2. The number of hydrogen-bond acceptors (Lipinski definition) is 5. The van der Waals surface area contributed by atoms with Crippen LogP contribution >= 0.6 is 0 Å². The second-order valence-electron chi connectivity index (χ2n) is 9.97. The number of rotatable bonds is 13. The van der Waals surface area contributed by atoms with Gasteiger partial charge in [-0.05, 0) is 63.8 Å². The van der Waals surface area contributed by atoms with Gasteiger partial charge in [-0.2, -0.15) is 0 Å². The molecule has 1 heterocycles. The van der Waals surface area contributed by atoms with E-state index in [-0.39, 0.29) is 31.5 Å². The van der Waals surface area contributed by atoms with Crippen molar-refractivity contribution in [2.45, 2.75) is 78.3 Å². The van der Waals surface area contributed by atoms with Gasteiger partial charge in [0.25, 0.3) is 5.92 Å². The van der Waals surface area contributed by atoms with Gasteiger partial charge in [-0.3, -0.25) is 4.98 Å². The smallest absolute Gasteiger partial charge is 0.250 e. The zero-order chi connectivity index (χ0) is 26.9. The molecule has 0 amide bonds. The molecule has 1 aliphatic rings. The van der Waals surface area contributed by atoms with E-state index >= 15 is 0 Å². The summed E-state index contributed by atoms with van der Waals surface area (Å²) in [6.07, 6.45) is 9.70. The molecule has 0 bridgehead atoms. The average molecular weight is 503 g/mol. The number of nitrogens with one attached hydrogen (secondary N) is 3. The predicted octanol–water partition coefficient (Wildman–Crippen LogP) is 5.50. The molecule has 2 unspecified atom stereocenters. The van der Waals surface area contributed by atoms with Gasteiger partial charge >= 0.3 is 0 Å². The molecular formula is C29H44F2N4O. The third kappa shape index (κ3) is 8.00. The summed E-state index contributed by atoms with van der Waals surface area (Å²) in [6, 6.07) is 2.02. The Balaban J connectivity index is 2.22. The van der Waals surface area contributed by atoms with Crippen LogP contribution in [0.1, 0.15) is 69.8 Å². The molecule has 7 heteroatoms. The standard InChI is InChI=1S/C29H44F2N4O/c1-19(2)29(30,31)13-12-26-21(4)16-24(17-35-26)22(5)34-18-25-27(32-7)11-8-10-20(3)28(25)23(6)33-14-9-15-36/h8,11,16-19,22,27,32-34,36H,6,9-10,12-15H2,1-5,7H3/b25-18+. The van der Waals surface area contributed by atoms with Crippen LogP contribution in [0.4, 0.5) is 8.78 Å². The summed E-state index contributed by atoms with van der Waals surface area (Å²) < 4.78 is 28.1. The maximum absolute atomic E-state index is 14.1. The average Bonchev–Trinajstić information content (AvgIpc) is 2.99. The number of pyridine rings is 1. The largest absolute Gasteiger partial charge is 0.396 e. The van der Waals surface area contributed by atoms with Gasteiger partial charge in [0.15, 0.2) is 0 Å². The van der Waals surface area contributed by atoms with Crippen LogP contribution in [0.2, 0.25) is 0 Å². The number of aliphatic hydroxyl groups excluding tert-OH is 1. The lowest BCUT2D eigenvalue weighted by Gasteiger charge is -2.24. The van der Waals surface area contributed by atoms with E-state index < -0.39 is 11.8 Å². The molecule has 4 N–H and O–H groups in total. The van der Waals surface area contributed by atoms with E-state index in [1.165, 1.54) is 5.57 Å². The second kappa shape index (κ2) is 13.7.